The van der Waals surface area contributed by atoms with Crippen LogP contribution in [0.2, 0.25) is 0 Å². The van der Waals surface area contributed by atoms with E-state index in [1.807, 2.05) is 67.6 Å². The maximum absolute atomic E-state index is 13.1. The molecule has 2 aromatic carbocycles. The molecule has 0 aromatic heterocycles. The van der Waals surface area contributed by atoms with E-state index in [2.05, 4.69) is 15.9 Å². The molecule has 4 rings (SSSR count). The highest BCUT2D eigenvalue weighted by molar-refractivity contribution is 9.10. The van der Waals surface area contributed by atoms with E-state index in [1.54, 1.807) is 16.7 Å². The summed E-state index contributed by atoms with van der Waals surface area (Å²) in [6.45, 7) is 1.88. The van der Waals surface area contributed by atoms with E-state index < -0.39 is 12.1 Å². The third kappa shape index (κ3) is 3.32. The first-order chi connectivity index (χ1) is 13.1. The zero-order valence-electron chi connectivity index (χ0n) is 14.7. The Morgan fingerprint density at radius 2 is 1.67 bits per heavy atom. The lowest BCUT2D eigenvalue weighted by Crippen LogP contribution is -2.62. The zero-order chi connectivity index (χ0) is 19.0. The van der Waals surface area contributed by atoms with Crippen LogP contribution in [-0.4, -0.2) is 32.7 Å². The van der Waals surface area contributed by atoms with Crippen molar-refractivity contribution in [1.29, 1.82) is 0 Å². The molecule has 6 heteroatoms. The van der Waals surface area contributed by atoms with Crippen LogP contribution in [0.3, 0.4) is 0 Å². The Labute approximate surface area is 170 Å². The SMILES string of the molecule is CC1=C(C(=O)OC(c2ccccc2)c2ccccc2)N2C(=O)[C@H](Br)[C@@H]2SC1. The number of hydrogen-bond acceptors (Lipinski definition) is 4. The van der Waals surface area contributed by atoms with Gasteiger partial charge in [0.05, 0.1) is 0 Å². The van der Waals surface area contributed by atoms with E-state index in [4.69, 9.17) is 4.74 Å². The molecular formula is C21H18BrNO3S. The largest absolute Gasteiger partial charge is 0.448 e. The second-order valence-corrected chi connectivity index (χ2v) is 8.64. The summed E-state index contributed by atoms with van der Waals surface area (Å²) in [5.41, 5.74) is 3.04. The second kappa shape index (κ2) is 7.52. The second-order valence-electron chi connectivity index (χ2n) is 6.55. The number of thioether (sulfide) groups is 1. The molecule has 1 saturated heterocycles. The van der Waals surface area contributed by atoms with Crippen LogP contribution in [-0.2, 0) is 14.3 Å². The Kier molecular flexibility index (Phi) is 5.10. The number of amides is 1. The zero-order valence-corrected chi connectivity index (χ0v) is 17.1. The Balaban J connectivity index is 1.65. The van der Waals surface area contributed by atoms with Crippen molar-refractivity contribution in [2.75, 3.05) is 5.75 Å². The van der Waals surface area contributed by atoms with Gasteiger partial charge in [0.2, 0.25) is 5.91 Å². The molecule has 0 spiro atoms. The topological polar surface area (TPSA) is 46.6 Å². The molecule has 2 aliphatic heterocycles. The average molecular weight is 444 g/mol. The number of fused-ring (bicyclic) bond motifs is 1. The molecule has 27 heavy (non-hydrogen) atoms. The lowest BCUT2D eigenvalue weighted by molar-refractivity contribution is -0.151. The third-order valence-electron chi connectivity index (χ3n) is 4.72. The van der Waals surface area contributed by atoms with Crippen molar-refractivity contribution in [3.05, 3.63) is 83.1 Å². The van der Waals surface area contributed by atoms with Crippen molar-refractivity contribution >= 4 is 39.6 Å². The number of esters is 1. The summed E-state index contributed by atoms with van der Waals surface area (Å²) in [4.78, 5) is 26.7. The van der Waals surface area contributed by atoms with Crippen LogP contribution in [0.5, 0.6) is 0 Å². The molecule has 1 amide bonds. The van der Waals surface area contributed by atoms with Crippen LogP contribution < -0.4 is 0 Å². The molecule has 1 fully saturated rings. The monoisotopic (exact) mass is 443 g/mol. The van der Waals surface area contributed by atoms with Crippen molar-refractivity contribution < 1.29 is 14.3 Å². The van der Waals surface area contributed by atoms with Gasteiger partial charge in [-0.1, -0.05) is 76.6 Å². The van der Waals surface area contributed by atoms with Gasteiger partial charge in [-0.2, -0.15) is 0 Å². The lowest BCUT2D eigenvalue weighted by atomic mass is 10.0. The normalized spacial score (nSPS) is 21.7. The minimum Gasteiger partial charge on any atom is -0.448 e. The van der Waals surface area contributed by atoms with Gasteiger partial charge in [0.15, 0.2) is 6.10 Å². The quantitative estimate of drug-likeness (QED) is 0.402. The first kappa shape index (κ1) is 18.3. The number of alkyl halides is 1. The minimum atomic E-state index is -0.524. The Bertz CT molecular complexity index is 861. The maximum atomic E-state index is 13.1. The number of carbonyl (C=O) groups excluding carboxylic acids is 2. The van der Waals surface area contributed by atoms with Crippen LogP contribution >= 0.6 is 27.7 Å². The molecule has 2 heterocycles. The number of rotatable bonds is 4. The van der Waals surface area contributed by atoms with Crippen molar-refractivity contribution in [2.24, 2.45) is 0 Å². The summed E-state index contributed by atoms with van der Waals surface area (Å²) in [5.74, 6) is 0.167. The standard InChI is InChI=1S/C21H18BrNO3S/c1-13-12-27-20-16(22)19(24)23(20)17(13)21(25)26-18(14-8-4-2-5-9-14)15-10-6-3-7-11-15/h2-11,16,18,20H,12H2,1H3/t16-,20-/m0/s1. The first-order valence-electron chi connectivity index (χ1n) is 8.67. The van der Waals surface area contributed by atoms with Crippen LogP contribution in [0.1, 0.15) is 24.2 Å². The predicted molar refractivity (Wildman–Crippen MR) is 109 cm³/mol. The number of halogens is 1. The molecule has 0 bridgehead atoms. The molecule has 4 nitrogen and oxygen atoms in total. The number of nitrogens with zero attached hydrogens (tertiary/aromatic N) is 1. The van der Waals surface area contributed by atoms with E-state index in [1.165, 1.54) is 0 Å². The third-order valence-corrected chi connectivity index (χ3v) is 7.38. The van der Waals surface area contributed by atoms with E-state index in [9.17, 15) is 9.59 Å². The van der Waals surface area contributed by atoms with E-state index in [-0.39, 0.29) is 16.1 Å². The van der Waals surface area contributed by atoms with Crippen molar-refractivity contribution in [1.82, 2.24) is 4.90 Å². The summed E-state index contributed by atoms with van der Waals surface area (Å²) >= 11 is 5.06. The molecule has 2 aliphatic rings. The number of β-lactam (4-membered cyclic amide) rings is 1. The van der Waals surface area contributed by atoms with Crippen molar-refractivity contribution in [3.63, 3.8) is 0 Å². The Morgan fingerprint density at radius 3 is 2.22 bits per heavy atom. The van der Waals surface area contributed by atoms with Gasteiger partial charge in [0.1, 0.15) is 15.9 Å². The molecule has 0 radical (unpaired) electrons. The molecule has 0 N–H and O–H groups in total. The van der Waals surface area contributed by atoms with Gasteiger partial charge in [0, 0.05) is 5.75 Å². The molecular weight excluding hydrogens is 426 g/mol. The highest BCUT2D eigenvalue weighted by atomic mass is 79.9. The van der Waals surface area contributed by atoms with Gasteiger partial charge in [-0.25, -0.2) is 4.79 Å². The number of hydrogen-bond donors (Lipinski definition) is 0. The minimum absolute atomic E-state index is 0.0457. The van der Waals surface area contributed by atoms with Crippen LogP contribution in [0.4, 0.5) is 0 Å². The first-order valence-corrected chi connectivity index (χ1v) is 10.6. The lowest BCUT2D eigenvalue weighted by Gasteiger charge is -2.47. The van der Waals surface area contributed by atoms with Gasteiger partial charge in [-0.3, -0.25) is 9.69 Å². The van der Waals surface area contributed by atoms with Gasteiger partial charge in [0.25, 0.3) is 0 Å². The summed E-state index contributed by atoms with van der Waals surface area (Å²) in [7, 11) is 0. The predicted octanol–water partition coefficient (Wildman–Crippen LogP) is 4.27. The summed E-state index contributed by atoms with van der Waals surface area (Å²) in [6.07, 6.45) is -0.524. The molecule has 0 aliphatic carbocycles. The molecule has 0 unspecified atom stereocenters. The number of carbonyl (C=O) groups is 2. The molecule has 138 valence electrons. The van der Waals surface area contributed by atoms with Crippen LogP contribution in [0.25, 0.3) is 0 Å². The summed E-state index contributed by atoms with van der Waals surface area (Å²) in [6, 6.07) is 19.3. The molecule has 2 atom stereocenters. The van der Waals surface area contributed by atoms with Gasteiger partial charge >= 0.3 is 5.97 Å². The van der Waals surface area contributed by atoms with Crippen molar-refractivity contribution in [2.45, 2.75) is 23.2 Å². The van der Waals surface area contributed by atoms with Gasteiger partial charge in [-0.05, 0) is 23.6 Å². The number of benzene rings is 2. The Hall–Kier alpha value is -2.05. The fraction of sp³-hybridized carbons (Fsp3) is 0.238. The Morgan fingerprint density at radius 1 is 1.11 bits per heavy atom. The van der Waals surface area contributed by atoms with Crippen molar-refractivity contribution in [3.8, 4) is 0 Å². The van der Waals surface area contributed by atoms with E-state index in [0.29, 0.717) is 11.4 Å². The van der Waals surface area contributed by atoms with Gasteiger partial charge in [-0.15, -0.1) is 11.8 Å². The molecule has 2 aromatic rings. The fourth-order valence-electron chi connectivity index (χ4n) is 3.33. The van der Waals surface area contributed by atoms with E-state index in [0.717, 1.165) is 16.7 Å². The van der Waals surface area contributed by atoms with Gasteiger partial charge < -0.3 is 4.74 Å². The number of ether oxygens (including phenoxy) is 1. The molecule has 0 saturated carbocycles. The van der Waals surface area contributed by atoms with Crippen LogP contribution in [0.15, 0.2) is 71.9 Å². The fourth-order valence-corrected chi connectivity index (χ4v) is 5.45. The highest BCUT2D eigenvalue weighted by Crippen LogP contribution is 2.44. The average Bonchev–Trinajstić information content (AvgIpc) is 2.72. The van der Waals surface area contributed by atoms with Crippen LogP contribution in [0, 0.1) is 0 Å². The smallest absolute Gasteiger partial charge is 0.356 e. The summed E-state index contributed by atoms with van der Waals surface area (Å²) < 4.78 is 5.95. The highest BCUT2D eigenvalue weighted by Gasteiger charge is 2.52. The van der Waals surface area contributed by atoms with E-state index >= 15 is 0 Å². The summed E-state index contributed by atoms with van der Waals surface area (Å²) in [5, 5.41) is -0.0457. The maximum Gasteiger partial charge on any atom is 0.356 e.